The molecule has 3 saturated heterocycles. The number of piperazine rings is 1. The molecule has 18 heteroatoms. The van der Waals surface area contributed by atoms with Gasteiger partial charge in [-0.1, -0.05) is 66.7 Å². The number of hydrogen-bond acceptors (Lipinski definition) is 9. The molecule has 0 bridgehead atoms. The summed E-state index contributed by atoms with van der Waals surface area (Å²) in [5.41, 5.74) is 1.13. The highest BCUT2D eigenvalue weighted by Crippen LogP contribution is 2.63. The quantitative estimate of drug-likeness (QED) is 0.137. The normalized spacial score (nSPS) is 28.7. The number of piperidine rings is 1. The van der Waals surface area contributed by atoms with Crippen molar-refractivity contribution in [3.05, 3.63) is 97.6 Å². The zero-order chi connectivity index (χ0) is 46.9. The van der Waals surface area contributed by atoms with Gasteiger partial charge >= 0.3 is 11.7 Å². The third-order valence-electron chi connectivity index (χ3n) is 15.9. The molecule has 2 saturated carbocycles. The number of aromatic nitrogens is 2. The summed E-state index contributed by atoms with van der Waals surface area (Å²) < 4.78 is 19.3. The van der Waals surface area contributed by atoms with Gasteiger partial charge in [-0.15, -0.1) is 0 Å². The molecule has 3 aromatic carbocycles. The maximum absolute atomic E-state index is 16.4. The van der Waals surface area contributed by atoms with E-state index in [0.29, 0.717) is 85.7 Å². The fraction of sp³-hybridized carbons (Fsp3) is 0.510. The molecule has 2 spiro atoms. The molecule has 4 amide bonds. The van der Waals surface area contributed by atoms with Crippen molar-refractivity contribution in [3.63, 3.8) is 0 Å². The SMILES string of the molecule is Cn1c(=O)n(C2CCC(=O)NC2=O)c2ccc(CN3CCN(CC4CCC(NC(=O)[C@@H]5NC6(CCCCC6)[C@@]6(C(=O)Nc7cc(Cl)ccc76)[C@H]5c5cccc(Cl)c5F)CC4)C(C(=O)O)C3)cc21. The molecule has 5 fully saturated rings. The lowest BCUT2D eigenvalue weighted by molar-refractivity contribution is -0.146. The van der Waals surface area contributed by atoms with Crippen LogP contribution in [-0.4, -0.2) is 103 Å². The molecular weight excluding hydrogens is 902 g/mol. The summed E-state index contributed by atoms with van der Waals surface area (Å²) in [6.07, 6.45) is 7.26. The van der Waals surface area contributed by atoms with Crippen LogP contribution < -0.4 is 27.0 Å². The predicted octanol–water partition coefficient (Wildman–Crippen LogP) is 5.36. The monoisotopic (exact) mass is 956 g/mol. The Kier molecular flexibility index (Phi) is 12.1. The van der Waals surface area contributed by atoms with Crippen molar-refractivity contribution in [1.29, 1.82) is 0 Å². The van der Waals surface area contributed by atoms with Crippen molar-refractivity contribution >= 4 is 69.5 Å². The van der Waals surface area contributed by atoms with E-state index in [4.69, 9.17) is 23.2 Å². The number of carbonyl (C=O) groups is 5. The van der Waals surface area contributed by atoms with Gasteiger partial charge in [0, 0.05) is 74.4 Å². The zero-order valence-corrected chi connectivity index (χ0v) is 38.8. The molecule has 1 aromatic heterocycles. The maximum Gasteiger partial charge on any atom is 0.329 e. The molecule has 6 aliphatic rings. The van der Waals surface area contributed by atoms with E-state index in [1.165, 1.54) is 15.2 Å². The number of carbonyl (C=O) groups excluding carboxylic acids is 4. The third kappa shape index (κ3) is 7.76. The highest BCUT2D eigenvalue weighted by molar-refractivity contribution is 6.31. The summed E-state index contributed by atoms with van der Waals surface area (Å²) >= 11 is 12.9. The van der Waals surface area contributed by atoms with Crippen LogP contribution in [0.1, 0.15) is 99.3 Å². The number of carboxylic acids is 1. The number of imidazole rings is 1. The average Bonchev–Trinajstić information content (AvgIpc) is 3.86. The van der Waals surface area contributed by atoms with Crippen molar-refractivity contribution in [2.24, 2.45) is 13.0 Å². The Morgan fingerprint density at radius 2 is 1.69 bits per heavy atom. The van der Waals surface area contributed by atoms with Gasteiger partial charge in [0.2, 0.25) is 23.6 Å². The number of rotatable bonds is 9. The number of amides is 4. The Morgan fingerprint density at radius 1 is 0.910 bits per heavy atom. The highest BCUT2D eigenvalue weighted by atomic mass is 35.5. The van der Waals surface area contributed by atoms with Crippen LogP contribution in [0.2, 0.25) is 10.0 Å². The summed E-state index contributed by atoms with van der Waals surface area (Å²) in [5.74, 6) is -3.66. The van der Waals surface area contributed by atoms with Gasteiger partial charge in [-0.05, 0) is 97.9 Å². The Labute approximate surface area is 396 Å². The Bertz CT molecular complexity index is 2750. The minimum atomic E-state index is -1.32. The molecular formula is C49H55Cl2FN8O7. The van der Waals surface area contributed by atoms with E-state index in [9.17, 15) is 33.9 Å². The largest absolute Gasteiger partial charge is 0.480 e. The number of hydrogen-bond donors (Lipinski definition) is 5. The van der Waals surface area contributed by atoms with E-state index in [1.54, 1.807) is 31.3 Å². The van der Waals surface area contributed by atoms with Gasteiger partial charge in [0.05, 0.1) is 22.1 Å². The first-order chi connectivity index (χ1) is 32.2. The molecule has 0 radical (unpaired) electrons. The van der Waals surface area contributed by atoms with Gasteiger partial charge in [0.25, 0.3) is 0 Å². The summed E-state index contributed by atoms with van der Waals surface area (Å²) in [7, 11) is 1.65. The molecule has 5 N–H and O–H groups in total. The van der Waals surface area contributed by atoms with Crippen LogP contribution in [0.3, 0.4) is 0 Å². The molecule has 10 rings (SSSR count). The molecule has 2 unspecified atom stereocenters. The Morgan fingerprint density at radius 3 is 2.43 bits per heavy atom. The summed E-state index contributed by atoms with van der Waals surface area (Å²) in [6, 6.07) is 13.1. The second-order valence-corrected chi connectivity index (χ2v) is 20.5. The highest BCUT2D eigenvalue weighted by Gasteiger charge is 2.72. The van der Waals surface area contributed by atoms with Crippen LogP contribution in [0.5, 0.6) is 0 Å². The molecule has 2 aliphatic carbocycles. The fourth-order valence-electron chi connectivity index (χ4n) is 12.8. The van der Waals surface area contributed by atoms with E-state index in [0.717, 1.165) is 37.7 Å². The lowest BCUT2D eigenvalue weighted by Gasteiger charge is -2.47. The van der Waals surface area contributed by atoms with E-state index >= 15 is 4.39 Å². The summed E-state index contributed by atoms with van der Waals surface area (Å²) in [4.78, 5) is 84.2. The van der Waals surface area contributed by atoms with E-state index in [2.05, 4.69) is 31.1 Å². The Hall–Kier alpha value is -5.13. The number of nitrogens with one attached hydrogen (secondary N) is 4. The van der Waals surface area contributed by atoms with Crippen molar-refractivity contribution in [1.82, 2.24) is 34.9 Å². The van der Waals surface area contributed by atoms with Crippen LogP contribution in [0.25, 0.3) is 11.0 Å². The lowest BCUT2D eigenvalue weighted by atomic mass is 9.55. The van der Waals surface area contributed by atoms with Gasteiger partial charge in [0.1, 0.15) is 23.3 Å². The number of fused-ring (bicyclic) bond motifs is 4. The molecule has 5 atom stereocenters. The summed E-state index contributed by atoms with van der Waals surface area (Å²) in [6.45, 7) is 2.60. The molecule has 4 aliphatic heterocycles. The first kappa shape index (κ1) is 45.6. The second kappa shape index (κ2) is 17.7. The topological polar surface area (TPSA) is 187 Å². The first-order valence-electron chi connectivity index (χ1n) is 23.6. The predicted molar refractivity (Wildman–Crippen MR) is 249 cm³/mol. The van der Waals surface area contributed by atoms with Gasteiger partial charge in [-0.25, -0.2) is 9.18 Å². The summed E-state index contributed by atoms with van der Waals surface area (Å²) in [5, 5.41) is 23.3. The third-order valence-corrected chi connectivity index (χ3v) is 16.5. The smallest absolute Gasteiger partial charge is 0.329 e. The van der Waals surface area contributed by atoms with E-state index in [1.807, 2.05) is 24.3 Å². The molecule has 354 valence electrons. The minimum absolute atomic E-state index is 0.0801. The van der Waals surface area contributed by atoms with Gasteiger partial charge in [-0.3, -0.25) is 53.5 Å². The van der Waals surface area contributed by atoms with Crippen molar-refractivity contribution < 1.29 is 33.5 Å². The molecule has 15 nitrogen and oxygen atoms in total. The van der Waals surface area contributed by atoms with Crippen molar-refractivity contribution in [3.8, 4) is 0 Å². The lowest BCUT2D eigenvalue weighted by Crippen LogP contribution is -2.60. The minimum Gasteiger partial charge on any atom is -0.480 e. The van der Waals surface area contributed by atoms with Crippen LogP contribution in [0.15, 0.2) is 59.4 Å². The number of benzene rings is 3. The second-order valence-electron chi connectivity index (χ2n) is 19.6. The zero-order valence-electron chi connectivity index (χ0n) is 37.3. The maximum atomic E-state index is 16.4. The molecule has 5 heterocycles. The number of anilines is 1. The number of halogens is 3. The molecule has 4 aromatic rings. The number of nitrogens with zero attached hydrogens (tertiary/aromatic N) is 4. The standard InChI is InChI=1S/C49H55Cl2FN8O7/c1-57-37-22-28(10-15-35(37)60(47(57)67)36-16-17-39(61)55-43(36)62)24-58-20-21-59(38(26-58)45(64)65)25-27-8-12-30(13-9-27)53-44(63)42-40(31-6-5-7-33(51)41(31)52)49(48(56-42)18-3-2-4-19-48)32-14-11-29(50)23-34(32)54-46(49)66/h5-7,10-11,14-15,22-23,27,30,36,38,40,42,56H,2-4,8-9,12-13,16-21,24-26H2,1H3,(H,53,63)(H,54,66)(H,64,65)(H,55,61,62)/t27?,30?,36?,38?,40-,42+,49+/m0/s1. The average molecular weight is 958 g/mol. The van der Waals surface area contributed by atoms with E-state index in [-0.39, 0.29) is 58.8 Å². The fourth-order valence-corrected chi connectivity index (χ4v) is 13.2. The first-order valence-corrected chi connectivity index (χ1v) is 24.3. The molecule has 67 heavy (non-hydrogen) atoms. The van der Waals surface area contributed by atoms with Gasteiger partial charge in [-0.2, -0.15) is 0 Å². The number of aryl methyl sites for hydroxylation is 1. The van der Waals surface area contributed by atoms with Crippen LogP contribution in [-0.2, 0) is 43.0 Å². The van der Waals surface area contributed by atoms with Crippen molar-refractivity contribution in [2.45, 2.75) is 118 Å². The number of carboxylic acid groups (broad SMARTS) is 1. The van der Waals surface area contributed by atoms with Crippen LogP contribution >= 0.6 is 23.2 Å². The van der Waals surface area contributed by atoms with E-state index < -0.39 is 52.7 Å². The van der Waals surface area contributed by atoms with Crippen LogP contribution in [0.4, 0.5) is 10.1 Å². The van der Waals surface area contributed by atoms with Gasteiger partial charge in [0.15, 0.2) is 0 Å². The van der Waals surface area contributed by atoms with Crippen molar-refractivity contribution in [2.75, 3.05) is 31.5 Å². The Balaban J connectivity index is 0.808. The van der Waals surface area contributed by atoms with Crippen LogP contribution in [0, 0.1) is 11.7 Å². The van der Waals surface area contributed by atoms with Gasteiger partial charge < -0.3 is 15.7 Å². The number of aliphatic carboxylic acids is 1. The number of imide groups is 1.